The van der Waals surface area contributed by atoms with Gasteiger partial charge in [-0.25, -0.2) is 5.43 Å². The maximum absolute atomic E-state index is 13.1. The molecule has 29 heavy (non-hydrogen) atoms. The largest absolute Gasteiger partial charge is 0.487 e. The lowest BCUT2D eigenvalue weighted by atomic mass is 9.40. The third-order valence-corrected chi connectivity index (χ3v) is 6.97. The Bertz CT molecular complexity index is 863. The number of hydrogen-bond acceptors (Lipinski definition) is 5. The minimum absolute atomic E-state index is 0.00395. The van der Waals surface area contributed by atoms with Gasteiger partial charge in [0.05, 0.1) is 23.2 Å². The first-order valence-corrected chi connectivity index (χ1v) is 10.4. The van der Waals surface area contributed by atoms with Crippen LogP contribution in [0.1, 0.15) is 64.9 Å². The van der Waals surface area contributed by atoms with Gasteiger partial charge in [0.25, 0.3) is 0 Å². The fourth-order valence-corrected chi connectivity index (χ4v) is 7.02. The lowest BCUT2D eigenvalue weighted by Crippen LogP contribution is -2.59. The molecule has 4 fully saturated rings. The number of ether oxygens (including phenoxy) is 1. The van der Waals surface area contributed by atoms with E-state index in [-0.39, 0.29) is 33.6 Å². The molecular weight excluding hydrogens is 370 g/mol. The molecule has 1 aromatic rings. The van der Waals surface area contributed by atoms with E-state index in [0.717, 1.165) is 19.3 Å². The quantitative estimate of drug-likeness (QED) is 0.435. The average Bonchev–Trinajstić information content (AvgIpc) is 2.59. The van der Waals surface area contributed by atoms with Crippen LogP contribution in [0.4, 0.5) is 5.69 Å². The molecule has 1 amide bonds. The number of hydrogen-bond donors (Lipinski definition) is 1. The summed E-state index contributed by atoms with van der Waals surface area (Å²) in [5, 5.41) is 15.4. The summed E-state index contributed by atoms with van der Waals surface area (Å²) in [6, 6.07) is 4.67. The molecule has 0 spiro atoms. The van der Waals surface area contributed by atoms with Crippen molar-refractivity contribution in [2.45, 2.75) is 59.3 Å². The van der Waals surface area contributed by atoms with Crippen LogP contribution in [0, 0.1) is 32.3 Å². The summed E-state index contributed by atoms with van der Waals surface area (Å²) in [5.41, 5.74) is 3.36. The Morgan fingerprint density at radius 3 is 2.55 bits per heavy atom. The van der Waals surface area contributed by atoms with Crippen molar-refractivity contribution in [2.24, 2.45) is 27.3 Å². The van der Waals surface area contributed by atoms with Gasteiger partial charge in [0.2, 0.25) is 5.91 Å². The van der Waals surface area contributed by atoms with Gasteiger partial charge in [-0.15, -0.1) is 0 Å². The van der Waals surface area contributed by atoms with Gasteiger partial charge in [0.1, 0.15) is 0 Å². The summed E-state index contributed by atoms with van der Waals surface area (Å²) in [4.78, 5) is 23.9. The molecule has 1 N–H and O–H groups in total. The van der Waals surface area contributed by atoms with Gasteiger partial charge in [-0.05, 0) is 74.3 Å². The van der Waals surface area contributed by atoms with Crippen LogP contribution in [-0.4, -0.2) is 23.7 Å². The molecule has 7 nitrogen and oxygen atoms in total. The minimum atomic E-state index is -0.474. The first-order valence-electron chi connectivity index (χ1n) is 10.4. The number of hydrazone groups is 1. The molecular formula is C22H29N3O4. The number of carbonyl (C=O) groups excluding carboxylic acids is 1. The second-order valence-corrected chi connectivity index (χ2v) is 10.0. The molecule has 156 valence electrons. The number of amides is 1. The highest BCUT2D eigenvalue weighted by molar-refractivity contribution is 5.86. The van der Waals surface area contributed by atoms with E-state index in [1.54, 1.807) is 19.1 Å². The lowest BCUT2D eigenvalue weighted by Gasteiger charge is -2.64. The molecule has 0 radical (unpaired) electrons. The first kappa shape index (κ1) is 19.9. The number of nitro groups is 1. The second kappa shape index (κ2) is 6.82. The Kier molecular flexibility index (Phi) is 4.67. The molecule has 7 heteroatoms. The van der Waals surface area contributed by atoms with Crippen molar-refractivity contribution < 1.29 is 14.5 Å². The van der Waals surface area contributed by atoms with Gasteiger partial charge in [-0.3, -0.25) is 14.9 Å². The van der Waals surface area contributed by atoms with E-state index in [2.05, 4.69) is 24.4 Å². The highest BCUT2D eigenvalue weighted by Crippen LogP contribution is 2.69. The van der Waals surface area contributed by atoms with Crippen molar-refractivity contribution in [1.29, 1.82) is 0 Å². The van der Waals surface area contributed by atoms with Crippen LogP contribution in [-0.2, 0) is 4.79 Å². The van der Waals surface area contributed by atoms with E-state index in [0.29, 0.717) is 18.1 Å². The van der Waals surface area contributed by atoms with E-state index in [1.807, 2.05) is 0 Å². The van der Waals surface area contributed by atoms with E-state index in [4.69, 9.17) is 4.74 Å². The molecule has 4 aliphatic rings. The van der Waals surface area contributed by atoms with Crippen molar-refractivity contribution in [3.8, 4) is 5.75 Å². The normalized spacial score (nSPS) is 35.1. The number of benzene rings is 1. The highest BCUT2D eigenvalue weighted by atomic mass is 16.6. The Labute approximate surface area is 171 Å². The van der Waals surface area contributed by atoms with Gasteiger partial charge < -0.3 is 4.74 Å². The van der Waals surface area contributed by atoms with Gasteiger partial charge in [-0.2, -0.15) is 5.10 Å². The Morgan fingerprint density at radius 1 is 1.28 bits per heavy atom. The van der Waals surface area contributed by atoms with Crippen molar-refractivity contribution >= 4 is 17.8 Å². The van der Waals surface area contributed by atoms with Crippen molar-refractivity contribution in [3.05, 3.63) is 33.9 Å². The van der Waals surface area contributed by atoms with E-state index >= 15 is 0 Å². The Balaban J connectivity index is 1.48. The summed E-state index contributed by atoms with van der Waals surface area (Å²) in [6.07, 6.45) is 7.96. The van der Waals surface area contributed by atoms with Gasteiger partial charge >= 0.3 is 5.69 Å². The summed E-state index contributed by atoms with van der Waals surface area (Å²) in [6.45, 7) is 6.80. The van der Waals surface area contributed by atoms with E-state index < -0.39 is 4.92 Å². The maximum atomic E-state index is 13.1. The highest BCUT2D eigenvalue weighted by Gasteiger charge is 2.62. The lowest BCUT2D eigenvalue weighted by molar-refractivity contribution is -0.385. The molecule has 0 aromatic heterocycles. The van der Waals surface area contributed by atoms with Crippen LogP contribution in [0.25, 0.3) is 0 Å². The number of nitrogens with zero attached hydrogens (tertiary/aromatic N) is 2. The standard InChI is InChI=1S/C22H29N3O4/c1-4-29-18-6-5-15(7-17(18)25(27)28)11-23-24-19(26)22-10-16-8-20(2,13-22)12-21(3,9-16)14-22/h5-7,11,16H,4,8-10,12-14H2,1-3H3,(H,24,26)/b23-11+. The zero-order valence-corrected chi connectivity index (χ0v) is 17.4. The minimum Gasteiger partial charge on any atom is -0.487 e. The molecule has 4 bridgehead atoms. The Hall–Kier alpha value is -2.44. The predicted octanol–water partition coefficient (Wildman–Crippen LogP) is 4.44. The zero-order chi connectivity index (χ0) is 20.9. The number of carbonyl (C=O) groups is 1. The van der Waals surface area contributed by atoms with Gasteiger partial charge in [0, 0.05) is 11.6 Å². The molecule has 0 aliphatic heterocycles. The van der Waals surface area contributed by atoms with Crippen LogP contribution in [0.3, 0.4) is 0 Å². The molecule has 2 atom stereocenters. The summed E-state index contributed by atoms with van der Waals surface area (Å²) in [7, 11) is 0. The summed E-state index contributed by atoms with van der Waals surface area (Å²) in [5.74, 6) is 0.856. The Morgan fingerprint density at radius 2 is 1.97 bits per heavy atom. The molecule has 4 saturated carbocycles. The SMILES string of the molecule is CCOc1ccc(/C=N/NC(=O)C23CC4CC(C)(CC(C)(C4)C2)C3)cc1[N+](=O)[O-]. The summed E-state index contributed by atoms with van der Waals surface area (Å²) >= 11 is 0. The monoisotopic (exact) mass is 399 g/mol. The number of nitro benzene ring substituents is 1. The first-order chi connectivity index (χ1) is 13.7. The van der Waals surface area contributed by atoms with Gasteiger partial charge in [-0.1, -0.05) is 13.8 Å². The van der Waals surface area contributed by atoms with E-state index in [9.17, 15) is 14.9 Å². The van der Waals surface area contributed by atoms with Gasteiger partial charge in [0.15, 0.2) is 5.75 Å². The van der Waals surface area contributed by atoms with Crippen molar-refractivity contribution in [1.82, 2.24) is 5.43 Å². The fraction of sp³-hybridized carbons (Fsp3) is 0.636. The predicted molar refractivity (Wildman–Crippen MR) is 110 cm³/mol. The fourth-order valence-electron chi connectivity index (χ4n) is 7.02. The molecule has 2 unspecified atom stereocenters. The molecule has 5 rings (SSSR count). The summed E-state index contributed by atoms with van der Waals surface area (Å²) < 4.78 is 5.30. The topological polar surface area (TPSA) is 93.8 Å². The van der Waals surface area contributed by atoms with Crippen LogP contribution in [0.15, 0.2) is 23.3 Å². The third kappa shape index (κ3) is 3.63. The molecule has 0 heterocycles. The smallest absolute Gasteiger partial charge is 0.311 e. The zero-order valence-electron chi connectivity index (χ0n) is 17.4. The second-order valence-electron chi connectivity index (χ2n) is 10.0. The van der Waals surface area contributed by atoms with Crippen molar-refractivity contribution in [3.63, 3.8) is 0 Å². The maximum Gasteiger partial charge on any atom is 0.311 e. The average molecular weight is 399 g/mol. The van der Waals surface area contributed by atoms with E-state index in [1.165, 1.54) is 31.5 Å². The van der Waals surface area contributed by atoms with Crippen LogP contribution in [0.5, 0.6) is 5.75 Å². The molecule has 4 aliphatic carbocycles. The molecule has 1 aromatic carbocycles. The van der Waals surface area contributed by atoms with Crippen LogP contribution >= 0.6 is 0 Å². The number of rotatable bonds is 6. The molecule has 0 saturated heterocycles. The van der Waals surface area contributed by atoms with Crippen LogP contribution in [0.2, 0.25) is 0 Å². The number of nitrogens with one attached hydrogen (secondary N) is 1. The van der Waals surface area contributed by atoms with Crippen LogP contribution < -0.4 is 10.2 Å². The van der Waals surface area contributed by atoms with Crippen molar-refractivity contribution in [2.75, 3.05) is 6.61 Å². The third-order valence-electron chi connectivity index (χ3n) is 6.97.